The summed E-state index contributed by atoms with van der Waals surface area (Å²) >= 11 is 0. The van der Waals surface area contributed by atoms with Crippen LogP contribution in [0.4, 0.5) is 0 Å². The number of carboxylic acid groups (broad SMARTS) is 1. The van der Waals surface area contributed by atoms with Crippen LogP contribution >= 0.6 is 0 Å². The van der Waals surface area contributed by atoms with Gasteiger partial charge in [0.15, 0.2) is 0 Å². The van der Waals surface area contributed by atoms with E-state index in [1.807, 2.05) is 6.92 Å². The minimum absolute atomic E-state index is 0.0513. The van der Waals surface area contributed by atoms with Gasteiger partial charge in [0.25, 0.3) is 0 Å². The first-order valence-electron chi connectivity index (χ1n) is 6.13. The molecule has 0 spiro atoms. The summed E-state index contributed by atoms with van der Waals surface area (Å²) in [5.41, 5.74) is 1.01. The fourth-order valence-corrected chi connectivity index (χ4v) is 2.54. The van der Waals surface area contributed by atoms with Crippen LogP contribution in [-0.4, -0.2) is 32.1 Å². The first-order chi connectivity index (χ1) is 8.15. The van der Waals surface area contributed by atoms with E-state index in [2.05, 4.69) is 5.10 Å². The first kappa shape index (κ1) is 12.1. The Morgan fingerprint density at radius 2 is 2.35 bits per heavy atom. The lowest BCUT2D eigenvalue weighted by Crippen LogP contribution is -2.21. The second-order valence-electron chi connectivity index (χ2n) is 4.57. The number of carboxylic acids is 1. The Labute approximate surface area is 100 Å². The van der Waals surface area contributed by atoms with Crippen LogP contribution < -0.4 is 0 Å². The second kappa shape index (κ2) is 4.87. The van der Waals surface area contributed by atoms with Gasteiger partial charge in [0.2, 0.25) is 0 Å². The maximum absolute atomic E-state index is 11.1. The number of aliphatic hydroxyl groups excluding tert-OH is 1. The van der Waals surface area contributed by atoms with Gasteiger partial charge >= 0.3 is 5.97 Å². The third-order valence-corrected chi connectivity index (χ3v) is 3.37. The van der Waals surface area contributed by atoms with Crippen molar-refractivity contribution in [1.29, 1.82) is 0 Å². The van der Waals surface area contributed by atoms with Crippen molar-refractivity contribution >= 4 is 5.97 Å². The van der Waals surface area contributed by atoms with Crippen molar-refractivity contribution in [3.05, 3.63) is 17.5 Å². The summed E-state index contributed by atoms with van der Waals surface area (Å²) in [5.74, 6) is -0.938. The van der Waals surface area contributed by atoms with Crippen LogP contribution in [0.3, 0.4) is 0 Å². The molecule has 0 aromatic carbocycles. The molecule has 1 heterocycles. The van der Waals surface area contributed by atoms with Crippen LogP contribution in [0, 0.1) is 0 Å². The van der Waals surface area contributed by atoms with Crippen LogP contribution in [0.15, 0.2) is 6.20 Å². The molecule has 2 rings (SSSR count). The molecular weight excluding hydrogens is 220 g/mol. The quantitative estimate of drug-likeness (QED) is 0.835. The average molecular weight is 238 g/mol. The molecule has 2 N–H and O–H groups in total. The fraction of sp³-hybridized carbons (Fsp3) is 0.667. The van der Waals surface area contributed by atoms with E-state index in [9.17, 15) is 9.90 Å². The highest BCUT2D eigenvalue weighted by atomic mass is 16.4. The Morgan fingerprint density at radius 3 is 2.88 bits per heavy atom. The van der Waals surface area contributed by atoms with Crippen molar-refractivity contribution in [2.45, 2.75) is 51.2 Å². The molecule has 94 valence electrons. The predicted molar refractivity (Wildman–Crippen MR) is 62.1 cm³/mol. The summed E-state index contributed by atoms with van der Waals surface area (Å²) in [7, 11) is 0. The normalized spacial score (nSPS) is 24.1. The van der Waals surface area contributed by atoms with E-state index in [0.29, 0.717) is 6.42 Å². The molecule has 1 fully saturated rings. The number of aliphatic hydroxyl groups is 1. The molecular formula is C12H18N2O3. The lowest BCUT2D eigenvalue weighted by Gasteiger charge is -2.18. The van der Waals surface area contributed by atoms with E-state index in [1.54, 1.807) is 4.68 Å². The van der Waals surface area contributed by atoms with Gasteiger partial charge in [0.05, 0.1) is 24.0 Å². The van der Waals surface area contributed by atoms with Gasteiger partial charge in [-0.1, -0.05) is 13.3 Å². The Kier molecular flexibility index (Phi) is 3.47. The molecule has 0 radical (unpaired) electrons. The fourth-order valence-electron chi connectivity index (χ4n) is 2.54. The Hall–Kier alpha value is -1.36. The highest BCUT2D eigenvalue weighted by molar-refractivity contribution is 5.88. The molecule has 1 saturated carbocycles. The van der Waals surface area contributed by atoms with Crippen molar-refractivity contribution in [3.63, 3.8) is 0 Å². The maximum Gasteiger partial charge on any atom is 0.339 e. The van der Waals surface area contributed by atoms with Crippen LogP contribution in [0.1, 0.15) is 54.7 Å². The van der Waals surface area contributed by atoms with Crippen LogP contribution in [-0.2, 0) is 6.42 Å². The minimum Gasteiger partial charge on any atom is -0.478 e. The molecule has 0 saturated heterocycles. The predicted octanol–water partition coefficient (Wildman–Crippen LogP) is 1.62. The van der Waals surface area contributed by atoms with Crippen LogP contribution in [0.2, 0.25) is 0 Å². The number of aromatic nitrogens is 2. The van der Waals surface area contributed by atoms with E-state index >= 15 is 0 Å². The maximum atomic E-state index is 11.1. The highest BCUT2D eigenvalue weighted by Gasteiger charge is 2.30. The Morgan fingerprint density at radius 1 is 1.59 bits per heavy atom. The number of hydrogen-bond donors (Lipinski definition) is 2. The Bertz CT molecular complexity index is 414. The summed E-state index contributed by atoms with van der Waals surface area (Å²) in [5, 5.41) is 23.1. The van der Waals surface area contributed by atoms with Gasteiger partial charge in [-0.3, -0.25) is 4.68 Å². The highest BCUT2D eigenvalue weighted by Crippen LogP contribution is 2.31. The molecule has 5 heteroatoms. The van der Waals surface area contributed by atoms with E-state index in [1.165, 1.54) is 6.20 Å². The van der Waals surface area contributed by atoms with Gasteiger partial charge in [0.1, 0.15) is 5.56 Å². The third-order valence-electron chi connectivity index (χ3n) is 3.37. The smallest absolute Gasteiger partial charge is 0.339 e. The van der Waals surface area contributed by atoms with Gasteiger partial charge in [-0.05, 0) is 25.7 Å². The van der Waals surface area contributed by atoms with E-state index in [-0.39, 0.29) is 11.6 Å². The summed E-state index contributed by atoms with van der Waals surface area (Å²) in [6.45, 7) is 2.01. The Balaban J connectivity index is 2.36. The van der Waals surface area contributed by atoms with Gasteiger partial charge in [-0.25, -0.2) is 4.79 Å². The van der Waals surface area contributed by atoms with Crippen LogP contribution in [0.25, 0.3) is 0 Å². The van der Waals surface area contributed by atoms with Gasteiger partial charge in [0, 0.05) is 0 Å². The number of hydrogen-bond acceptors (Lipinski definition) is 3. The standard InChI is InChI=1S/C12H18N2O3/c1-2-4-9-8(12(16)17)7-13-14(9)10-5-3-6-11(10)15/h7,10-11,15H,2-6H2,1H3,(H,16,17). The average Bonchev–Trinajstić information content (AvgIpc) is 2.85. The summed E-state index contributed by atoms with van der Waals surface area (Å²) in [6.07, 6.45) is 5.18. The molecule has 1 aromatic rings. The first-order valence-corrected chi connectivity index (χ1v) is 6.13. The number of aromatic carboxylic acids is 1. The van der Waals surface area contributed by atoms with Gasteiger partial charge in [-0.15, -0.1) is 0 Å². The molecule has 0 amide bonds. The molecule has 5 nitrogen and oxygen atoms in total. The topological polar surface area (TPSA) is 75.3 Å². The molecule has 2 atom stereocenters. The summed E-state index contributed by atoms with van der Waals surface area (Å²) in [4.78, 5) is 11.1. The SMILES string of the molecule is CCCc1c(C(=O)O)cnn1C1CCCC1O. The molecule has 0 bridgehead atoms. The molecule has 1 aliphatic carbocycles. The third kappa shape index (κ3) is 2.20. The number of rotatable bonds is 4. The summed E-state index contributed by atoms with van der Waals surface area (Å²) in [6, 6.07) is -0.0513. The van der Waals surface area contributed by atoms with Gasteiger partial charge in [-0.2, -0.15) is 5.10 Å². The molecule has 17 heavy (non-hydrogen) atoms. The van der Waals surface area contributed by atoms with Crippen molar-refractivity contribution in [2.24, 2.45) is 0 Å². The van der Waals surface area contributed by atoms with Crippen molar-refractivity contribution in [2.75, 3.05) is 0 Å². The van der Waals surface area contributed by atoms with Crippen molar-refractivity contribution in [1.82, 2.24) is 9.78 Å². The van der Waals surface area contributed by atoms with E-state index < -0.39 is 12.1 Å². The molecule has 0 aliphatic heterocycles. The zero-order valence-electron chi connectivity index (χ0n) is 9.96. The van der Waals surface area contributed by atoms with Crippen molar-refractivity contribution < 1.29 is 15.0 Å². The lowest BCUT2D eigenvalue weighted by molar-refractivity contribution is 0.0694. The van der Waals surface area contributed by atoms with Crippen molar-refractivity contribution in [3.8, 4) is 0 Å². The molecule has 2 unspecified atom stereocenters. The largest absolute Gasteiger partial charge is 0.478 e. The van der Waals surface area contributed by atoms with Gasteiger partial charge < -0.3 is 10.2 Å². The lowest BCUT2D eigenvalue weighted by atomic mass is 10.1. The zero-order chi connectivity index (χ0) is 12.4. The zero-order valence-corrected chi connectivity index (χ0v) is 9.96. The van der Waals surface area contributed by atoms with E-state index in [0.717, 1.165) is 31.4 Å². The van der Waals surface area contributed by atoms with Crippen LogP contribution in [0.5, 0.6) is 0 Å². The second-order valence-corrected chi connectivity index (χ2v) is 4.57. The molecule has 1 aromatic heterocycles. The van der Waals surface area contributed by atoms with E-state index in [4.69, 9.17) is 5.11 Å². The minimum atomic E-state index is -0.938. The summed E-state index contributed by atoms with van der Waals surface area (Å²) < 4.78 is 1.73. The monoisotopic (exact) mass is 238 g/mol. The number of carbonyl (C=O) groups is 1. The molecule has 1 aliphatic rings. The number of nitrogens with zero attached hydrogens (tertiary/aromatic N) is 2.